The lowest BCUT2D eigenvalue weighted by Gasteiger charge is -2.33. The first-order valence-corrected chi connectivity index (χ1v) is 15.4. The minimum Gasteiger partial charge on any atom is -0.491 e. The molecule has 6 rings (SSSR count). The maximum atomic E-state index is 13.4. The standard InChI is InChI=1S/C35H40N4O5/c1-35(2,3)22-8-10-25(11-9-22)44-20-24(40)19-36-28-6-5-7-31(41)32(28)30-17-21-16-26-27(18-29(21)37-30)34(43)39(33(26)42)23-12-14-38(4)15-13-23/h5-6,8-11,16,18,23-24,37,40H,7,12-15,17,19-20H2,1-4H3. The van der Waals surface area contributed by atoms with Gasteiger partial charge in [0.05, 0.1) is 29.0 Å². The molecule has 9 nitrogen and oxygen atoms in total. The molecule has 230 valence electrons. The van der Waals surface area contributed by atoms with Crippen molar-refractivity contribution in [3.05, 3.63) is 82.1 Å². The van der Waals surface area contributed by atoms with Crippen molar-refractivity contribution in [2.75, 3.05) is 38.6 Å². The summed E-state index contributed by atoms with van der Waals surface area (Å²) in [7, 11) is 2.05. The summed E-state index contributed by atoms with van der Waals surface area (Å²) in [5, 5.41) is 14.0. The van der Waals surface area contributed by atoms with Crippen LogP contribution in [0, 0.1) is 0 Å². The van der Waals surface area contributed by atoms with Gasteiger partial charge in [-0.05, 0) is 79.9 Å². The van der Waals surface area contributed by atoms with Crippen LogP contribution in [0.15, 0.2) is 64.8 Å². The number of carbonyl (C=O) groups is 3. The number of allylic oxidation sites excluding steroid dienone is 4. The first-order chi connectivity index (χ1) is 21.0. The molecule has 2 N–H and O–H groups in total. The van der Waals surface area contributed by atoms with E-state index in [9.17, 15) is 19.5 Å². The Kier molecular flexibility index (Phi) is 8.02. The number of carbonyl (C=O) groups excluding carboxylic acids is 3. The number of nitrogens with one attached hydrogen (secondary N) is 1. The van der Waals surface area contributed by atoms with Crippen molar-refractivity contribution in [2.45, 2.75) is 64.0 Å². The number of aliphatic hydroxyl groups is 1. The molecule has 1 fully saturated rings. The van der Waals surface area contributed by atoms with E-state index in [1.54, 1.807) is 24.3 Å². The third-order valence-corrected chi connectivity index (χ3v) is 8.90. The highest BCUT2D eigenvalue weighted by Crippen LogP contribution is 2.38. The maximum Gasteiger partial charge on any atom is 0.261 e. The van der Waals surface area contributed by atoms with E-state index in [2.05, 4.69) is 43.0 Å². The van der Waals surface area contributed by atoms with E-state index in [0.717, 1.165) is 37.2 Å². The van der Waals surface area contributed by atoms with Crippen LogP contribution in [0.2, 0.25) is 0 Å². The second-order valence-corrected chi connectivity index (χ2v) is 13.2. The van der Waals surface area contributed by atoms with Crippen LogP contribution < -0.4 is 10.1 Å². The first kappa shape index (κ1) is 30.0. The van der Waals surface area contributed by atoms with E-state index in [-0.39, 0.29) is 48.6 Å². The summed E-state index contributed by atoms with van der Waals surface area (Å²) in [6.07, 6.45) is 4.95. The number of piperidine rings is 1. The van der Waals surface area contributed by atoms with Gasteiger partial charge in [0.15, 0.2) is 5.78 Å². The fourth-order valence-corrected chi connectivity index (χ4v) is 6.31. The molecule has 1 aliphatic carbocycles. The number of hydrogen-bond donors (Lipinski definition) is 2. The number of fused-ring (bicyclic) bond motifs is 2. The monoisotopic (exact) mass is 596 g/mol. The number of hydrogen-bond acceptors (Lipinski definition) is 8. The van der Waals surface area contributed by atoms with Crippen LogP contribution in [0.4, 0.5) is 5.69 Å². The molecule has 4 aliphatic rings. The van der Waals surface area contributed by atoms with Crippen molar-refractivity contribution in [1.82, 2.24) is 9.80 Å². The zero-order valence-corrected chi connectivity index (χ0v) is 25.9. The minimum absolute atomic E-state index is 0.0449. The summed E-state index contributed by atoms with van der Waals surface area (Å²) in [5.41, 5.74) is 5.34. The summed E-state index contributed by atoms with van der Waals surface area (Å²) in [6, 6.07) is 11.3. The van der Waals surface area contributed by atoms with Gasteiger partial charge in [0.1, 0.15) is 18.5 Å². The predicted octanol–water partition coefficient (Wildman–Crippen LogP) is 4.31. The van der Waals surface area contributed by atoms with E-state index < -0.39 is 6.10 Å². The van der Waals surface area contributed by atoms with Gasteiger partial charge in [-0.3, -0.25) is 24.3 Å². The summed E-state index contributed by atoms with van der Waals surface area (Å²) < 4.78 is 5.78. The topological polar surface area (TPSA) is 112 Å². The largest absolute Gasteiger partial charge is 0.491 e. The number of imide groups is 1. The van der Waals surface area contributed by atoms with Crippen LogP contribution in [-0.2, 0) is 16.6 Å². The molecule has 3 aliphatic heterocycles. The van der Waals surface area contributed by atoms with Crippen LogP contribution in [0.1, 0.15) is 71.9 Å². The highest BCUT2D eigenvalue weighted by atomic mass is 16.5. The molecule has 0 bridgehead atoms. The quantitative estimate of drug-likeness (QED) is 0.378. The van der Waals surface area contributed by atoms with Crippen molar-refractivity contribution in [3.63, 3.8) is 0 Å². The highest BCUT2D eigenvalue weighted by molar-refractivity contribution is 6.29. The smallest absolute Gasteiger partial charge is 0.261 e. The Morgan fingerprint density at radius 3 is 2.41 bits per heavy atom. The zero-order chi connectivity index (χ0) is 31.2. The Hall–Kier alpha value is -4.08. The number of benzene rings is 2. The summed E-state index contributed by atoms with van der Waals surface area (Å²) >= 11 is 0. The van der Waals surface area contributed by atoms with Gasteiger partial charge in [-0.2, -0.15) is 0 Å². The van der Waals surface area contributed by atoms with Crippen molar-refractivity contribution >= 4 is 29.0 Å². The second-order valence-electron chi connectivity index (χ2n) is 13.2. The van der Waals surface area contributed by atoms with E-state index in [1.165, 1.54) is 10.5 Å². The number of amides is 2. The fourth-order valence-electron chi connectivity index (χ4n) is 6.31. The Morgan fingerprint density at radius 2 is 1.73 bits per heavy atom. The first-order valence-electron chi connectivity index (χ1n) is 15.4. The second kappa shape index (κ2) is 11.8. The lowest BCUT2D eigenvalue weighted by Crippen LogP contribution is -2.46. The van der Waals surface area contributed by atoms with Crippen molar-refractivity contribution in [1.29, 1.82) is 0 Å². The van der Waals surface area contributed by atoms with Gasteiger partial charge in [-0.1, -0.05) is 39.0 Å². The Bertz CT molecular complexity index is 1540. The summed E-state index contributed by atoms with van der Waals surface area (Å²) in [6.45, 7) is 8.30. The van der Waals surface area contributed by atoms with Gasteiger partial charge in [0.25, 0.3) is 11.8 Å². The Balaban J connectivity index is 1.15. The number of aliphatic hydroxyl groups excluding tert-OH is 1. The van der Waals surface area contributed by atoms with Crippen molar-refractivity contribution in [2.24, 2.45) is 4.99 Å². The van der Waals surface area contributed by atoms with Gasteiger partial charge in [0.2, 0.25) is 0 Å². The van der Waals surface area contributed by atoms with Crippen LogP contribution in [-0.4, -0.2) is 83.7 Å². The number of nitrogens with zero attached hydrogens (tertiary/aromatic N) is 3. The minimum atomic E-state index is -0.859. The molecule has 1 saturated heterocycles. The SMILES string of the molecule is CN1CCC(N2C(=O)c3cc4c(cc3C2=O)NC(=C2C(=O)CC=CC2=NCC(O)COc2ccc(C(C)(C)C)cc2)C4)CC1. The molecule has 2 aromatic rings. The van der Waals surface area contributed by atoms with Crippen LogP contribution in [0.5, 0.6) is 5.75 Å². The van der Waals surface area contributed by atoms with Crippen LogP contribution in [0.3, 0.4) is 0 Å². The van der Waals surface area contributed by atoms with Gasteiger partial charge >= 0.3 is 0 Å². The number of ketones is 1. The number of ether oxygens (including phenoxy) is 1. The third kappa shape index (κ3) is 5.86. The van der Waals surface area contributed by atoms with Crippen molar-refractivity contribution < 1.29 is 24.2 Å². The average molecular weight is 597 g/mol. The van der Waals surface area contributed by atoms with E-state index in [4.69, 9.17) is 4.74 Å². The normalized spacial score (nSPS) is 22.4. The molecule has 2 amide bonds. The van der Waals surface area contributed by atoms with E-state index in [0.29, 0.717) is 40.3 Å². The molecule has 1 atom stereocenters. The number of likely N-dealkylation sites (tertiary alicyclic amines) is 1. The molecule has 0 spiro atoms. The van der Waals surface area contributed by atoms with E-state index in [1.807, 2.05) is 24.3 Å². The number of anilines is 1. The molecule has 1 unspecified atom stereocenters. The summed E-state index contributed by atoms with van der Waals surface area (Å²) in [4.78, 5) is 48.1. The lowest BCUT2D eigenvalue weighted by molar-refractivity contribution is -0.114. The zero-order valence-electron chi connectivity index (χ0n) is 25.9. The maximum absolute atomic E-state index is 13.4. The lowest BCUT2D eigenvalue weighted by atomic mass is 9.87. The third-order valence-electron chi connectivity index (χ3n) is 8.90. The fraction of sp³-hybridized carbons (Fsp3) is 0.429. The molecule has 3 heterocycles. The average Bonchev–Trinajstić information content (AvgIpc) is 3.51. The molecule has 0 radical (unpaired) electrons. The van der Waals surface area contributed by atoms with Gasteiger partial charge in [-0.25, -0.2) is 0 Å². The van der Waals surface area contributed by atoms with E-state index >= 15 is 0 Å². The van der Waals surface area contributed by atoms with Gasteiger partial charge in [-0.15, -0.1) is 0 Å². The molecular formula is C35H40N4O5. The van der Waals surface area contributed by atoms with Gasteiger partial charge in [0, 0.05) is 30.3 Å². The number of aliphatic imine (C=N–C) groups is 1. The molecule has 0 saturated carbocycles. The predicted molar refractivity (Wildman–Crippen MR) is 170 cm³/mol. The van der Waals surface area contributed by atoms with Gasteiger partial charge < -0.3 is 20.1 Å². The molecule has 9 heteroatoms. The number of rotatable bonds is 6. The van der Waals surface area contributed by atoms with Crippen molar-refractivity contribution in [3.8, 4) is 5.75 Å². The molecule has 0 aromatic heterocycles. The molecular weight excluding hydrogens is 556 g/mol. The Morgan fingerprint density at radius 1 is 1.05 bits per heavy atom. The highest BCUT2D eigenvalue weighted by Gasteiger charge is 2.42. The molecule has 2 aromatic carbocycles. The van der Waals surface area contributed by atoms with Crippen LogP contribution >= 0.6 is 0 Å². The number of Topliss-reactive ketones (excluding diaryl/α,β-unsaturated/α-hetero) is 1. The summed E-state index contributed by atoms with van der Waals surface area (Å²) in [5.74, 6) is 0.125. The Labute approximate surface area is 258 Å². The van der Waals surface area contributed by atoms with Crippen LogP contribution in [0.25, 0.3) is 0 Å². The molecule has 44 heavy (non-hydrogen) atoms.